The average Bonchev–Trinajstić information content (AvgIpc) is 3.77. The molecule has 46 heavy (non-hydrogen) atoms. The van der Waals surface area contributed by atoms with E-state index in [0.717, 1.165) is 38.8 Å². The number of benzene rings is 3. The summed E-state index contributed by atoms with van der Waals surface area (Å²) in [5.74, 6) is -1.48. The van der Waals surface area contributed by atoms with Gasteiger partial charge in [-0.1, -0.05) is 40.6 Å². The molecule has 2 aliphatic heterocycles. The van der Waals surface area contributed by atoms with E-state index >= 15 is 0 Å². The number of aromatic hydroxyl groups is 1. The summed E-state index contributed by atoms with van der Waals surface area (Å²) in [5.41, 5.74) is 2.91. The second-order valence-corrected chi connectivity index (χ2v) is 15.0. The van der Waals surface area contributed by atoms with Crippen molar-refractivity contribution in [3.8, 4) is 11.5 Å². The Bertz CT molecular complexity index is 1960. The van der Waals surface area contributed by atoms with Crippen LogP contribution < -0.4 is 19.8 Å². The third-order valence-corrected chi connectivity index (χ3v) is 12.7. The summed E-state index contributed by atoms with van der Waals surface area (Å²) >= 11 is 9.32. The summed E-state index contributed by atoms with van der Waals surface area (Å²) in [7, 11) is 0. The number of nitrogens with zero attached hydrogens (tertiary/aromatic N) is 1. The molecule has 3 heterocycles. The van der Waals surface area contributed by atoms with E-state index in [1.807, 2.05) is 37.3 Å². The first kappa shape index (κ1) is 29.3. The molecule has 2 aliphatic carbocycles. The van der Waals surface area contributed by atoms with Crippen molar-refractivity contribution in [1.82, 2.24) is 4.98 Å². The van der Waals surface area contributed by atoms with E-state index in [1.165, 1.54) is 17.0 Å². The highest BCUT2D eigenvalue weighted by atomic mass is 35.5. The van der Waals surface area contributed by atoms with Gasteiger partial charge in [0.15, 0.2) is 6.61 Å². The average molecular weight is 674 g/mol. The smallest absolute Gasteiger partial charge is 0.305 e. The number of rotatable bonds is 6. The number of phenols is 1. The van der Waals surface area contributed by atoms with Crippen LogP contribution in [0.15, 0.2) is 76.6 Å². The maximum absolute atomic E-state index is 14.0. The van der Waals surface area contributed by atoms with Gasteiger partial charge in [0.25, 0.3) is 5.91 Å². The minimum absolute atomic E-state index is 0.00616. The Morgan fingerprint density at radius 3 is 2.48 bits per heavy atom. The Labute approximate surface area is 276 Å². The van der Waals surface area contributed by atoms with E-state index in [2.05, 4.69) is 10.3 Å². The van der Waals surface area contributed by atoms with E-state index in [-0.39, 0.29) is 63.9 Å². The molecular formula is C34H28ClN3O6S2. The Morgan fingerprint density at radius 2 is 1.74 bits per heavy atom. The normalized spacial score (nSPS) is 27.3. The number of nitrogens with one attached hydrogen (secondary N) is 2. The zero-order valence-electron chi connectivity index (χ0n) is 24.4. The van der Waals surface area contributed by atoms with Crippen molar-refractivity contribution >= 4 is 63.8 Å². The molecule has 0 unspecified atom stereocenters. The predicted octanol–water partition coefficient (Wildman–Crippen LogP) is 5.80. The number of amides is 3. The molecular weight excluding hydrogens is 646 g/mol. The molecule has 9 nitrogen and oxygen atoms in total. The topological polar surface area (TPSA) is 129 Å². The standard InChI is InChI=1S/C34H28ClN3O6S2/c1-15-2-7-18(8-3-15)38-32(41)27-21-13-22(28(27)33(38)42)29-26(21)25(30-31(45-29)37-34(43)46-30)20-12-16(35)4-11-23(20)44-14-24(40)36-17-5-9-19(39)10-6-17/h2-12,21-22,25-29,39H,13-14H2,1H3,(H,36,40)(H,37,43)/t21-,22-,25+,26-,27+,28+,29-/m1/s1. The third kappa shape index (κ3) is 4.66. The number of fused-ring (bicyclic) bond motifs is 9. The van der Waals surface area contributed by atoms with Gasteiger partial charge in [-0.2, -0.15) is 0 Å². The highest BCUT2D eigenvalue weighted by Gasteiger charge is 2.69. The van der Waals surface area contributed by atoms with Gasteiger partial charge in [0.2, 0.25) is 11.8 Å². The first-order chi connectivity index (χ1) is 22.2. The van der Waals surface area contributed by atoms with Crippen molar-refractivity contribution in [2.24, 2.45) is 29.6 Å². The predicted molar refractivity (Wildman–Crippen MR) is 176 cm³/mol. The molecule has 3 fully saturated rings. The zero-order chi connectivity index (χ0) is 31.9. The molecule has 1 saturated heterocycles. The largest absolute Gasteiger partial charge is 0.508 e. The summed E-state index contributed by atoms with van der Waals surface area (Å²) in [4.78, 5) is 58.6. The molecule has 3 N–H and O–H groups in total. The fourth-order valence-electron chi connectivity index (χ4n) is 8.09. The quantitative estimate of drug-likeness (QED) is 0.174. The Morgan fingerprint density at radius 1 is 1.02 bits per heavy atom. The van der Waals surface area contributed by atoms with Gasteiger partial charge >= 0.3 is 4.87 Å². The number of H-pyrrole nitrogens is 1. The number of ether oxygens (including phenoxy) is 1. The monoisotopic (exact) mass is 673 g/mol. The van der Waals surface area contributed by atoms with E-state index in [9.17, 15) is 24.3 Å². The lowest BCUT2D eigenvalue weighted by molar-refractivity contribution is -0.123. The van der Waals surface area contributed by atoms with Crippen LogP contribution in [-0.2, 0) is 14.4 Å². The van der Waals surface area contributed by atoms with Gasteiger partial charge in [-0.25, -0.2) is 0 Å². The van der Waals surface area contributed by atoms with Gasteiger partial charge in [-0.3, -0.25) is 24.1 Å². The number of imide groups is 1. The van der Waals surface area contributed by atoms with Gasteiger partial charge in [0.1, 0.15) is 11.5 Å². The third-order valence-electron chi connectivity index (χ3n) is 9.83. The molecule has 12 heteroatoms. The number of aryl methyl sites for hydroxylation is 1. The van der Waals surface area contributed by atoms with Crippen molar-refractivity contribution < 1.29 is 24.2 Å². The highest BCUT2D eigenvalue weighted by molar-refractivity contribution is 8.00. The summed E-state index contributed by atoms with van der Waals surface area (Å²) in [6.07, 6.45) is 0.748. The molecule has 0 spiro atoms. The van der Waals surface area contributed by atoms with Gasteiger partial charge in [-0.05, 0) is 85.7 Å². The van der Waals surface area contributed by atoms with Gasteiger partial charge in [-0.15, -0.1) is 11.8 Å². The minimum Gasteiger partial charge on any atom is -0.508 e. The molecule has 7 atom stereocenters. The SMILES string of the molecule is Cc1ccc(N2C(=O)[C@H]3[C@H]4C[C@@H]([C@@H]3C2=O)[C@@H]2[C@H](c3cc(Cl)ccc3OCC(=O)Nc3ccc(O)cc3)c3sc(=O)[nH]c3S[C@H]42)cc1. The van der Waals surface area contributed by atoms with Crippen molar-refractivity contribution in [3.05, 3.63) is 97.4 Å². The van der Waals surface area contributed by atoms with Crippen molar-refractivity contribution in [2.45, 2.75) is 29.5 Å². The lowest BCUT2D eigenvalue weighted by atomic mass is 9.68. The van der Waals surface area contributed by atoms with Crippen LogP contribution in [-0.4, -0.2) is 39.7 Å². The van der Waals surface area contributed by atoms with Crippen molar-refractivity contribution in [3.63, 3.8) is 0 Å². The van der Waals surface area contributed by atoms with Gasteiger partial charge in [0, 0.05) is 32.3 Å². The number of hydrogen-bond donors (Lipinski definition) is 3. The number of carbonyl (C=O) groups excluding carboxylic acids is 3. The van der Waals surface area contributed by atoms with Crippen LogP contribution in [0.5, 0.6) is 11.5 Å². The van der Waals surface area contributed by atoms with Crippen LogP contribution in [0.3, 0.4) is 0 Å². The van der Waals surface area contributed by atoms with Crippen LogP contribution in [0.25, 0.3) is 0 Å². The molecule has 3 amide bonds. The van der Waals surface area contributed by atoms with E-state index in [0.29, 0.717) is 22.1 Å². The highest BCUT2D eigenvalue weighted by Crippen LogP contribution is 2.69. The second kappa shape index (κ2) is 11.0. The number of thioether (sulfide) groups is 1. The first-order valence-electron chi connectivity index (χ1n) is 15.0. The molecule has 3 aromatic carbocycles. The zero-order valence-corrected chi connectivity index (χ0v) is 26.8. The maximum Gasteiger partial charge on any atom is 0.305 e. The van der Waals surface area contributed by atoms with Crippen LogP contribution in [0.2, 0.25) is 5.02 Å². The second-order valence-electron chi connectivity index (χ2n) is 12.4. The molecule has 0 radical (unpaired) electrons. The number of anilines is 2. The Kier molecular flexibility index (Phi) is 7.04. The first-order valence-corrected chi connectivity index (χ1v) is 17.1. The summed E-state index contributed by atoms with van der Waals surface area (Å²) in [6, 6.07) is 18.9. The van der Waals surface area contributed by atoms with Gasteiger partial charge < -0.3 is 20.1 Å². The van der Waals surface area contributed by atoms with Crippen LogP contribution in [0.1, 0.15) is 28.3 Å². The van der Waals surface area contributed by atoms with Crippen molar-refractivity contribution in [1.29, 1.82) is 0 Å². The molecule has 8 rings (SSSR count). The fraction of sp³-hybridized carbons (Fsp3) is 0.294. The summed E-state index contributed by atoms with van der Waals surface area (Å²) < 4.78 is 6.12. The van der Waals surface area contributed by atoms with Crippen LogP contribution >= 0.6 is 34.7 Å². The van der Waals surface area contributed by atoms with Crippen molar-refractivity contribution in [2.75, 3.05) is 16.8 Å². The van der Waals surface area contributed by atoms with Crippen LogP contribution in [0.4, 0.5) is 11.4 Å². The van der Waals surface area contributed by atoms with Gasteiger partial charge in [0.05, 0.1) is 22.5 Å². The van der Waals surface area contributed by atoms with Crippen LogP contribution in [0, 0.1) is 36.5 Å². The molecule has 234 valence electrons. The number of aromatic nitrogens is 1. The lowest BCUT2D eigenvalue weighted by Gasteiger charge is -2.43. The molecule has 2 saturated carbocycles. The minimum atomic E-state index is -0.444. The lowest BCUT2D eigenvalue weighted by Crippen LogP contribution is -2.42. The van der Waals surface area contributed by atoms with E-state index < -0.39 is 11.8 Å². The molecule has 1 aromatic heterocycles. The number of halogens is 1. The number of carbonyl (C=O) groups is 3. The Hall–Kier alpha value is -4.06. The van der Waals surface area contributed by atoms with E-state index in [4.69, 9.17) is 16.3 Å². The summed E-state index contributed by atoms with van der Waals surface area (Å²) in [6.45, 7) is 1.68. The maximum atomic E-state index is 14.0. The number of thiazole rings is 1. The summed E-state index contributed by atoms with van der Waals surface area (Å²) in [5, 5.41) is 13.5. The number of aromatic amines is 1. The molecule has 4 aliphatic rings. The molecule has 2 bridgehead atoms. The Balaban J connectivity index is 1.14. The molecule has 4 aromatic rings. The fourth-order valence-corrected chi connectivity index (χ4v) is 11.2. The number of hydrogen-bond acceptors (Lipinski definition) is 8. The number of phenolic OH excluding ortho intramolecular Hbond substituents is 1. The van der Waals surface area contributed by atoms with E-state index in [1.54, 1.807) is 36.0 Å².